The molecule has 0 N–H and O–H groups in total. The number of ketones is 1. The second kappa shape index (κ2) is 29.4. The number of fused-ring (bicyclic) bond motifs is 8. The molecule has 0 unspecified atom stereocenters. The zero-order valence-corrected chi connectivity index (χ0v) is 51.5. The predicted octanol–water partition coefficient (Wildman–Crippen LogP) is 20.5. The van der Waals surface area contributed by atoms with Crippen molar-refractivity contribution >= 4 is 30.1 Å². The van der Waals surface area contributed by atoms with Crippen LogP contribution in [0.4, 0.5) is 0 Å². The van der Waals surface area contributed by atoms with E-state index in [4.69, 9.17) is 0 Å². The molecular formula is C84H90O. The third kappa shape index (κ3) is 16.9. The fourth-order valence-electron chi connectivity index (χ4n) is 12.5. The number of aryl methyl sites for hydroxylation is 8. The van der Waals surface area contributed by atoms with Crippen LogP contribution in [-0.4, -0.2) is 5.78 Å². The van der Waals surface area contributed by atoms with Crippen molar-refractivity contribution in [1.82, 2.24) is 0 Å². The van der Waals surface area contributed by atoms with Gasteiger partial charge < -0.3 is 0 Å². The molecule has 0 fully saturated rings. The minimum absolute atomic E-state index is 0. The van der Waals surface area contributed by atoms with Gasteiger partial charge in [0.15, 0.2) is 0 Å². The summed E-state index contributed by atoms with van der Waals surface area (Å²) in [4.78, 5) is 11.1. The molecule has 8 aliphatic rings. The van der Waals surface area contributed by atoms with E-state index in [-0.39, 0.29) is 7.43 Å². The van der Waals surface area contributed by atoms with Gasteiger partial charge in [-0.1, -0.05) is 260 Å². The van der Waals surface area contributed by atoms with E-state index < -0.39 is 0 Å². The first-order chi connectivity index (χ1) is 40.5. The van der Waals surface area contributed by atoms with Gasteiger partial charge >= 0.3 is 0 Å². The molecule has 0 amide bonds. The molecule has 0 spiro atoms. The van der Waals surface area contributed by atoms with Crippen molar-refractivity contribution in [2.75, 3.05) is 0 Å². The van der Waals surface area contributed by atoms with Crippen LogP contribution in [0.2, 0.25) is 0 Å². The van der Waals surface area contributed by atoms with Crippen LogP contribution in [0.5, 0.6) is 0 Å². The molecule has 0 atom stereocenters. The van der Waals surface area contributed by atoms with Crippen molar-refractivity contribution in [3.05, 3.63) is 340 Å². The Morgan fingerprint density at radius 3 is 1.29 bits per heavy atom. The summed E-state index contributed by atoms with van der Waals surface area (Å²) in [5.41, 5.74) is 37.9. The highest BCUT2D eigenvalue weighted by atomic mass is 16.1. The molecule has 0 bridgehead atoms. The first-order valence-corrected chi connectivity index (χ1v) is 30.4. The molecular weight excluding hydrogens is 1020 g/mol. The molecule has 0 saturated carbocycles. The minimum atomic E-state index is 0. The Labute approximate surface area is 511 Å². The SMILES string of the molecule is C.C=C1Cc2ccc(C)cc2C1.C=C1Cc2ccc(C)cc2C1.C=C1Cc2cccc(C)c2C1.Cc1ccc2c(c1)C=CC2.Cc1ccc2c(c1)CC=C2.Cc1cccc2c1C=CC2.Cc1cccc2c1CC(=O)C2.Cc1cccc2c1CC=C2. The van der Waals surface area contributed by atoms with Crippen LogP contribution in [0.15, 0.2) is 206 Å². The maximum absolute atomic E-state index is 11.1. The Balaban J connectivity index is 0.000000126. The van der Waals surface area contributed by atoms with Crippen molar-refractivity contribution in [2.24, 2.45) is 0 Å². The molecule has 8 aromatic rings. The van der Waals surface area contributed by atoms with E-state index in [2.05, 4.69) is 257 Å². The van der Waals surface area contributed by atoms with Gasteiger partial charge in [-0.25, -0.2) is 0 Å². The number of allylic oxidation sites excluding steroid dienone is 7. The van der Waals surface area contributed by atoms with E-state index in [1.165, 1.54) is 150 Å². The lowest BCUT2D eigenvalue weighted by molar-refractivity contribution is -0.117. The highest BCUT2D eigenvalue weighted by Crippen LogP contribution is 2.30. The van der Waals surface area contributed by atoms with E-state index in [0.717, 1.165) is 64.2 Å². The quantitative estimate of drug-likeness (QED) is 0.138. The van der Waals surface area contributed by atoms with Gasteiger partial charge in [0, 0.05) is 12.8 Å². The van der Waals surface area contributed by atoms with Gasteiger partial charge in [-0.15, -0.1) is 0 Å². The largest absolute Gasteiger partial charge is 0.299 e. The van der Waals surface area contributed by atoms with Crippen molar-refractivity contribution in [1.29, 1.82) is 0 Å². The van der Waals surface area contributed by atoms with Crippen LogP contribution >= 0.6 is 0 Å². The summed E-state index contributed by atoms with van der Waals surface area (Å²) in [6, 6.07) is 52.2. The summed E-state index contributed by atoms with van der Waals surface area (Å²) in [6.07, 6.45) is 30.0. The summed E-state index contributed by atoms with van der Waals surface area (Å²) >= 11 is 0. The van der Waals surface area contributed by atoms with Crippen LogP contribution in [0, 0.1) is 55.4 Å². The molecule has 8 aliphatic carbocycles. The fraction of sp³-hybridized carbons (Fsp3) is 0.250. The van der Waals surface area contributed by atoms with E-state index in [1.807, 2.05) is 12.1 Å². The number of rotatable bonds is 0. The predicted molar refractivity (Wildman–Crippen MR) is 369 cm³/mol. The number of benzene rings is 8. The molecule has 1 heteroatoms. The first kappa shape index (κ1) is 62.7. The van der Waals surface area contributed by atoms with Crippen LogP contribution in [0.3, 0.4) is 0 Å². The van der Waals surface area contributed by atoms with Crippen LogP contribution in [0.25, 0.3) is 24.3 Å². The van der Waals surface area contributed by atoms with Gasteiger partial charge in [0.1, 0.15) is 5.78 Å². The maximum Gasteiger partial charge on any atom is 0.141 e. The standard InChI is InChI=1S/3C11H12.C10H10O.4C10H10.CH4/c2*1-8-3-4-10-6-9(2)7-11(10)5-8;1-8-6-10-5-3-4-9(2)11(10)7-8;1-7-3-2-4-8-5-9(11)6-10(7)8;2*1-8-4-2-5-9-6-3-7-10(8)9;2*1-8-5-6-9-3-2-4-10(9)7-8;/h2*3-5H,2,6-7H2,1H3;3-5H,1,6-7H2,2H3;2-4H,5-6H2,1H3;2-5,7H,6H2,1H3;2-6H,7H2,1H3;2,4-7H,3H2,1H3;2-3,5-7H,4H2,1H3;1H4. The third-order valence-corrected chi connectivity index (χ3v) is 17.1. The van der Waals surface area contributed by atoms with E-state index in [1.54, 1.807) is 0 Å². The normalized spacial score (nSPS) is 14.3. The molecule has 85 heavy (non-hydrogen) atoms. The second-order valence-electron chi connectivity index (χ2n) is 24.3. The molecule has 16 rings (SSSR count). The van der Waals surface area contributed by atoms with Crippen LogP contribution < -0.4 is 0 Å². The lowest BCUT2D eigenvalue weighted by atomic mass is 10.0. The average molecular weight is 1120 g/mol. The molecule has 0 heterocycles. The summed E-state index contributed by atoms with van der Waals surface area (Å²) in [6.45, 7) is 29.1. The monoisotopic (exact) mass is 1110 g/mol. The topological polar surface area (TPSA) is 17.1 Å². The molecule has 0 saturated heterocycles. The summed E-state index contributed by atoms with van der Waals surface area (Å²) in [5, 5.41) is 0. The maximum atomic E-state index is 11.1. The first-order valence-electron chi connectivity index (χ1n) is 30.4. The average Bonchev–Trinajstić information content (AvgIpc) is 4.48. The Morgan fingerprint density at radius 2 is 0.706 bits per heavy atom. The van der Waals surface area contributed by atoms with Gasteiger partial charge in [0.25, 0.3) is 0 Å². The number of Topliss-reactive ketones (excluding diaryl/α,β-unsaturated/α-hetero) is 1. The molecule has 0 radical (unpaired) electrons. The molecule has 8 aromatic carbocycles. The van der Waals surface area contributed by atoms with Gasteiger partial charge in [0.05, 0.1) is 0 Å². The number of carbonyl (C=O) groups is 1. The van der Waals surface area contributed by atoms with Crippen LogP contribution in [0.1, 0.15) is 141 Å². The number of carbonyl (C=O) groups excluding carboxylic acids is 1. The molecule has 432 valence electrons. The van der Waals surface area contributed by atoms with Gasteiger partial charge in [-0.2, -0.15) is 0 Å². The van der Waals surface area contributed by atoms with Crippen molar-refractivity contribution in [3.63, 3.8) is 0 Å². The van der Waals surface area contributed by atoms with E-state index >= 15 is 0 Å². The van der Waals surface area contributed by atoms with Crippen molar-refractivity contribution in [2.45, 2.75) is 140 Å². The highest BCUT2D eigenvalue weighted by molar-refractivity contribution is 5.88. The Hall–Kier alpha value is -8.39. The summed E-state index contributed by atoms with van der Waals surface area (Å²) in [7, 11) is 0. The Bertz CT molecular complexity index is 3760. The van der Waals surface area contributed by atoms with Gasteiger partial charge in [-0.05, 0) is 231 Å². The van der Waals surface area contributed by atoms with Gasteiger partial charge in [0.2, 0.25) is 0 Å². The van der Waals surface area contributed by atoms with E-state index in [9.17, 15) is 4.79 Å². The second-order valence-corrected chi connectivity index (χ2v) is 24.3. The lowest BCUT2D eigenvalue weighted by Crippen LogP contribution is -1.93. The van der Waals surface area contributed by atoms with Gasteiger partial charge in [-0.3, -0.25) is 4.79 Å². The summed E-state index contributed by atoms with van der Waals surface area (Å²) < 4.78 is 0. The molecule has 1 nitrogen and oxygen atoms in total. The highest BCUT2D eigenvalue weighted by Gasteiger charge is 2.19. The third-order valence-electron chi connectivity index (χ3n) is 17.1. The zero-order valence-electron chi connectivity index (χ0n) is 51.5. The fourth-order valence-corrected chi connectivity index (χ4v) is 12.5. The lowest BCUT2D eigenvalue weighted by Gasteiger charge is -2.00. The minimum Gasteiger partial charge on any atom is -0.299 e. The summed E-state index contributed by atoms with van der Waals surface area (Å²) in [5.74, 6) is 0.356. The van der Waals surface area contributed by atoms with Crippen LogP contribution in [-0.2, 0) is 81.8 Å². The number of hydrogen-bond acceptors (Lipinski definition) is 1. The molecule has 0 aromatic heterocycles. The van der Waals surface area contributed by atoms with E-state index in [0.29, 0.717) is 18.6 Å². The Kier molecular flexibility index (Phi) is 21.7. The van der Waals surface area contributed by atoms with Crippen molar-refractivity contribution in [3.8, 4) is 0 Å². The molecule has 0 aliphatic heterocycles. The number of hydrogen-bond donors (Lipinski definition) is 0. The van der Waals surface area contributed by atoms with Crippen molar-refractivity contribution < 1.29 is 4.79 Å². The smallest absolute Gasteiger partial charge is 0.141 e. The zero-order chi connectivity index (χ0) is 59.3. The Morgan fingerprint density at radius 1 is 0.294 bits per heavy atom.